The van der Waals surface area contributed by atoms with Gasteiger partial charge in [-0.1, -0.05) is 24.3 Å². The molecule has 0 bridgehead atoms. The Kier molecular flexibility index (Phi) is 3.65. The number of aromatic amines is 1. The van der Waals surface area contributed by atoms with Gasteiger partial charge in [-0.05, 0) is 18.6 Å². The molecule has 3 N–H and O–H groups in total. The zero-order valence-corrected chi connectivity index (χ0v) is 10.8. The summed E-state index contributed by atoms with van der Waals surface area (Å²) in [5.74, 6) is 0. The van der Waals surface area contributed by atoms with Crippen molar-refractivity contribution in [2.24, 2.45) is 0 Å². The number of nitrogens with two attached hydrogens (primary N) is 1. The number of H-pyrrole nitrogens is 1. The second-order valence-electron chi connectivity index (χ2n) is 4.31. The molecule has 0 fully saturated rings. The predicted molar refractivity (Wildman–Crippen MR) is 77.5 cm³/mol. The van der Waals surface area contributed by atoms with Gasteiger partial charge in [0.05, 0.1) is 21.5 Å². The zero-order valence-electron chi connectivity index (χ0n) is 10.8. The number of nitrogens with one attached hydrogen (secondary N) is 1. The van der Waals surface area contributed by atoms with Crippen LogP contribution < -0.4 is 10.7 Å². The summed E-state index contributed by atoms with van der Waals surface area (Å²) in [6, 6.07) is 14.3. The Labute approximate surface area is 114 Å². The lowest BCUT2D eigenvalue weighted by Crippen LogP contribution is -2.08. The second-order valence-corrected chi connectivity index (χ2v) is 4.31. The number of nitrogen functional groups attached to an aromatic ring is 1. The van der Waals surface area contributed by atoms with Gasteiger partial charge in [0, 0.05) is 12.1 Å². The van der Waals surface area contributed by atoms with Gasteiger partial charge in [-0.25, -0.2) is 4.98 Å². The van der Waals surface area contributed by atoms with E-state index in [-0.39, 0.29) is 0 Å². The number of hydrogen-bond donors (Lipinski definition) is 1. The molecule has 0 aliphatic heterocycles. The van der Waals surface area contributed by atoms with E-state index >= 15 is 0 Å². The molecule has 3 rings (SSSR count). The van der Waals surface area contributed by atoms with Crippen LogP contribution in [-0.2, 0) is 0 Å². The summed E-state index contributed by atoms with van der Waals surface area (Å²) in [5, 5.41) is 17.0. The van der Waals surface area contributed by atoms with Gasteiger partial charge in [0.15, 0.2) is 0 Å². The maximum absolute atomic E-state index is 8.25. The number of aromatic nitrogens is 1. The highest BCUT2D eigenvalue weighted by atomic mass is 16.9. The average molecular weight is 271 g/mol. The Bertz CT molecular complexity index is 783. The first-order valence-corrected chi connectivity index (χ1v) is 5.91. The van der Waals surface area contributed by atoms with E-state index in [1.54, 1.807) is 0 Å². The number of nitrogens with zero attached hydrogens (tertiary/aromatic N) is 1. The van der Waals surface area contributed by atoms with Crippen LogP contribution >= 0.6 is 0 Å². The summed E-state index contributed by atoms with van der Waals surface area (Å²) in [7, 11) is 0. The van der Waals surface area contributed by atoms with Gasteiger partial charge in [0.2, 0.25) is 11.0 Å². The van der Waals surface area contributed by atoms with E-state index < -0.39 is 5.09 Å². The minimum atomic E-state index is -1.75. The molecule has 0 saturated heterocycles. The molecule has 102 valence electrons. The molecule has 6 nitrogen and oxygen atoms in total. The Morgan fingerprint density at radius 2 is 1.65 bits per heavy atom. The SMILES string of the molecule is Cc1cccc2[nH+]c3ccccc3c(N)c12.O=[N+]([O-])[O-]. The van der Waals surface area contributed by atoms with Crippen molar-refractivity contribution >= 4 is 27.5 Å². The number of benzene rings is 2. The Morgan fingerprint density at radius 3 is 2.35 bits per heavy atom. The fourth-order valence-electron chi connectivity index (χ4n) is 2.24. The first-order chi connectivity index (χ1) is 9.50. The topological polar surface area (TPSA) is 106 Å². The number of para-hydroxylation sites is 1. The van der Waals surface area contributed by atoms with Gasteiger partial charge in [0.25, 0.3) is 0 Å². The zero-order chi connectivity index (χ0) is 14.7. The molecule has 0 aliphatic rings. The molecule has 0 unspecified atom stereocenters. The minimum absolute atomic E-state index is 0.863. The van der Waals surface area contributed by atoms with Gasteiger partial charge in [-0.15, -0.1) is 0 Å². The molecule has 20 heavy (non-hydrogen) atoms. The highest BCUT2D eigenvalue weighted by Gasteiger charge is 2.12. The molecule has 0 radical (unpaired) electrons. The summed E-state index contributed by atoms with van der Waals surface area (Å²) < 4.78 is 0. The van der Waals surface area contributed by atoms with Crippen LogP contribution in [-0.4, -0.2) is 5.09 Å². The maximum atomic E-state index is 8.25. The van der Waals surface area contributed by atoms with Crippen LogP contribution in [0.25, 0.3) is 21.8 Å². The molecule has 0 atom stereocenters. The molecule has 0 amide bonds. The third kappa shape index (κ3) is 2.59. The van der Waals surface area contributed by atoms with Crippen LogP contribution in [0, 0.1) is 22.2 Å². The molecular weight excluding hydrogens is 258 g/mol. The van der Waals surface area contributed by atoms with Crippen LogP contribution in [0.2, 0.25) is 0 Å². The van der Waals surface area contributed by atoms with Crippen LogP contribution in [0.15, 0.2) is 42.5 Å². The van der Waals surface area contributed by atoms with Crippen molar-refractivity contribution in [3.05, 3.63) is 63.3 Å². The van der Waals surface area contributed by atoms with E-state index in [4.69, 9.17) is 21.1 Å². The van der Waals surface area contributed by atoms with Crippen LogP contribution in [0.1, 0.15) is 5.56 Å². The van der Waals surface area contributed by atoms with E-state index in [0.29, 0.717) is 0 Å². The second kappa shape index (κ2) is 5.40. The van der Waals surface area contributed by atoms with E-state index in [2.05, 4.69) is 24.0 Å². The largest absolute Gasteiger partial charge is 0.397 e. The molecule has 0 aliphatic carbocycles. The van der Waals surface area contributed by atoms with Crippen molar-refractivity contribution in [3.8, 4) is 0 Å². The summed E-state index contributed by atoms with van der Waals surface area (Å²) in [4.78, 5) is 11.7. The normalized spacial score (nSPS) is 10.1. The van der Waals surface area contributed by atoms with Gasteiger partial charge in [-0.2, -0.15) is 0 Å². The molecular formula is C14H13N3O3. The lowest BCUT2D eigenvalue weighted by molar-refractivity contribution is -0.402. The number of hydrogen-bond acceptors (Lipinski definition) is 4. The summed E-state index contributed by atoms with van der Waals surface area (Å²) in [6.45, 7) is 2.08. The maximum Gasteiger partial charge on any atom is 0.213 e. The first kappa shape index (κ1) is 13.5. The molecule has 0 spiro atoms. The van der Waals surface area contributed by atoms with Crippen LogP contribution in [0.3, 0.4) is 0 Å². The number of rotatable bonds is 0. The van der Waals surface area contributed by atoms with Crippen molar-refractivity contribution in [2.75, 3.05) is 5.73 Å². The van der Waals surface area contributed by atoms with Crippen molar-refractivity contribution in [1.82, 2.24) is 0 Å². The monoisotopic (exact) mass is 271 g/mol. The smallest absolute Gasteiger partial charge is 0.213 e. The predicted octanol–water partition coefficient (Wildman–Crippen LogP) is 2.46. The highest BCUT2D eigenvalue weighted by molar-refractivity contribution is 6.04. The van der Waals surface area contributed by atoms with Crippen LogP contribution in [0.5, 0.6) is 0 Å². The summed E-state index contributed by atoms with van der Waals surface area (Å²) in [5.41, 5.74) is 10.5. The average Bonchev–Trinajstić information content (AvgIpc) is 2.38. The molecule has 2 aromatic carbocycles. The van der Waals surface area contributed by atoms with Gasteiger partial charge in [-0.3, -0.25) is 0 Å². The van der Waals surface area contributed by atoms with Crippen molar-refractivity contribution in [2.45, 2.75) is 6.92 Å². The molecule has 0 saturated carbocycles. The van der Waals surface area contributed by atoms with Gasteiger partial charge in [0.1, 0.15) is 0 Å². The lowest BCUT2D eigenvalue weighted by atomic mass is 10.0. The van der Waals surface area contributed by atoms with Crippen molar-refractivity contribution in [1.29, 1.82) is 0 Å². The van der Waals surface area contributed by atoms with Crippen molar-refractivity contribution in [3.63, 3.8) is 0 Å². The van der Waals surface area contributed by atoms with E-state index in [0.717, 1.165) is 27.5 Å². The standard InChI is InChI=1S/C14H12N2.NO3/c1-9-5-4-8-12-13(9)14(15)10-6-2-3-7-11(10)16-12;2-1(3)4/h2-8H,1H3,(H2,15,16);/q;-1/p+1. The molecule has 1 aromatic heterocycles. The molecule has 6 heteroatoms. The Hall–Kier alpha value is -2.89. The minimum Gasteiger partial charge on any atom is -0.397 e. The van der Waals surface area contributed by atoms with Crippen LogP contribution in [0.4, 0.5) is 5.69 Å². The number of fused-ring (bicyclic) bond motifs is 2. The first-order valence-electron chi connectivity index (χ1n) is 5.91. The van der Waals surface area contributed by atoms with E-state index in [9.17, 15) is 0 Å². The number of pyridine rings is 1. The van der Waals surface area contributed by atoms with Gasteiger partial charge >= 0.3 is 0 Å². The van der Waals surface area contributed by atoms with E-state index in [1.807, 2.05) is 30.3 Å². The Balaban J connectivity index is 0.000000328. The quantitative estimate of drug-likeness (QED) is 0.385. The number of anilines is 1. The fourth-order valence-corrected chi connectivity index (χ4v) is 2.24. The van der Waals surface area contributed by atoms with E-state index in [1.165, 1.54) is 5.56 Å². The molecule has 3 aromatic rings. The van der Waals surface area contributed by atoms with Gasteiger partial charge < -0.3 is 21.1 Å². The lowest BCUT2D eigenvalue weighted by Gasteiger charge is -2.04. The number of aryl methyl sites for hydroxylation is 1. The third-order valence-corrected chi connectivity index (χ3v) is 3.03. The third-order valence-electron chi connectivity index (χ3n) is 3.03. The highest BCUT2D eigenvalue weighted by Crippen LogP contribution is 2.27. The summed E-state index contributed by atoms with van der Waals surface area (Å²) in [6.07, 6.45) is 0. The summed E-state index contributed by atoms with van der Waals surface area (Å²) >= 11 is 0. The molecule has 1 heterocycles. The fraction of sp³-hybridized carbons (Fsp3) is 0.0714. The van der Waals surface area contributed by atoms with Crippen molar-refractivity contribution < 1.29 is 10.1 Å². The Morgan fingerprint density at radius 1 is 1.05 bits per heavy atom.